The topological polar surface area (TPSA) is 87.9 Å². The number of nitrogens with two attached hydrogens (primary N) is 1. The lowest BCUT2D eigenvalue weighted by molar-refractivity contribution is 0.428. The molecule has 122 valence electrons. The van der Waals surface area contributed by atoms with Crippen LogP contribution in [0.1, 0.15) is 0 Å². The zero-order valence-electron chi connectivity index (χ0n) is 12.5. The SMILES string of the molecule is NC(=S)N=Nc1c(O)n(CNc2ccc(Cl)cc2)c2ccccc12. The predicted octanol–water partition coefficient (Wildman–Crippen LogP) is 4.40. The predicted molar refractivity (Wildman–Crippen MR) is 100.0 cm³/mol. The third kappa shape index (κ3) is 3.32. The van der Waals surface area contributed by atoms with Crippen LogP contribution in [0.2, 0.25) is 5.02 Å². The molecule has 24 heavy (non-hydrogen) atoms. The maximum Gasteiger partial charge on any atom is 0.222 e. The van der Waals surface area contributed by atoms with Crippen LogP contribution in [0.5, 0.6) is 5.88 Å². The standard InChI is InChI=1S/C16H14ClN5OS/c17-10-5-7-11(8-6-10)19-9-22-13-4-2-1-3-12(13)14(15(22)23)20-21-16(18)24/h1-8,19,23H,9H2,(H2,18,24). The lowest BCUT2D eigenvalue weighted by Crippen LogP contribution is -2.07. The van der Waals surface area contributed by atoms with Crippen molar-refractivity contribution in [3.63, 3.8) is 0 Å². The van der Waals surface area contributed by atoms with Crippen molar-refractivity contribution in [2.75, 3.05) is 5.32 Å². The van der Waals surface area contributed by atoms with E-state index in [4.69, 9.17) is 29.6 Å². The van der Waals surface area contributed by atoms with Gasteiger partial charge in [0.15, 0.2) is 5.69 Å². The highest BCUT2D eigenvalue weighted by atomic mass is 35.5. The number of aromatic hydroxyl groups is 1. The fourth-order valence-electron chi connectivity index (χ4n) is 2.37. The van der Waals surface area contributed by atoms with Gasteiger partial charge in [-0.3, -0.25) is 4.57 Å². The van der Waals surface area contributed by atoms with Crippen LogP contribution in [0.25, 0.3) is 10.9 Å². The van der Waals surface area contributed by atoms with Gasteiger partial charge in [0.2, 0.25) is 11.0 Å². The number of rotatable bonds is 4. The zero-order chi connectivity index (χ0) is 17.1. The van der Waals surface area contributed by atoms with Gasteiger partial charge in [-0.25, -0.2) is 0 Å². The summed E-state index contributed by atoms with van der Waals surface area (Å²) in [5, 5.41) is 22.7. The van der Waals surface area contributed by atoms with Gasteiger partial charge in [-0.1, -0.05) is 29.8 Å². The van der Waals surface area contributed by atoms with Crippen LogP contribution in [0.4, 0.5) is 11.4 Å². The second-order valence-electron chi connectivity index (χ2n) is 5.00. The summed E-state index contributed by atoms with van der Waals surface area (Å²) in [5.41, 5.74) is 7.37. The molecule has 2 aromatic carbocycles. The fourth-order valence-corrected chi connectivity index (χ4v) is 2.53. The molecule has 0 saturated carbocycles. The molecule has 0 fully saturated rings. The molecule has 0 amide bonds. The summed E-state index contributed by atoms with van der Waals surface area (Å²) < 4.78 is 1.69. The summed E-state index contributed by atoms with van der Waals surface area (Å²) in [5.74, 6) is -0.0161. The molecule has 6 nitrogen and oxygen atoms in total. The van der Waals surface area contributed by atoms with E-state index in [-0.39, 0.29) is 11.0 Å². The monoisotopic (exact) mass is 359 g/mol. The van der Waals surface area contributed by atoms with Gasteiger partial charge in [-0.15, -0.1) is 10.2 Å². The van der Waals surface area contributed by atoms with Crippen LogP contribution in [0.15, 0.2) is 58.8 Å². The van der Waals surface area contributed by atoms with Crippen molar-refractivity contribution in [2.24, 2.45) is 16.0 Å². The first-order chi connectivity index (χ1) is 11.6. The Morgan fingerprint density at radius 2 is 1.92 bits per heavy atom. The van der Waals surface area contributed by atoms with Crippen LogP contribution in [-0.2, 0) is 6.67 Å². The molecule has 4 N–H and O–H groups in total. The van der Waals surface area contributed by atoms with E-state index >= 15 is 0 Å². The molecule has 0 bridgehead atoms. The first-order valence-corrected chi connectivity index (χ1v) is 7.85. The molecule has 1 aromatic heterocycles. The van der Waals surface area contributed by atoms with E-state index in [1.165, 1.54) is 0 Å². The number of halogens is 1. The third-order valence-electron chi connectivity index (χ3n) is 3.45. The third-order valence-corrected chi connectivity index (χ3v) is 3.79. The average molecular weight is 360 g/mol. The number of fused-ring (bicyclic) bond motifs is 1. The van der Waals surface area contributed by atoms with Gasteiger partial charge < -0.3 is 16.2 Å². The number of para-hydroxylation sites is 1. The van der Waals surface area contributed by atoms with E-state index in [1.807, 2.05) is 36.4 Å². The number of azo groups is 1. The molecule has 0 aliphatic rings. The molecule has 0 radical (unpaired) electrons. The van der Waals surface area contributed by atoms with Crippen molar-refractivity contribution in [3.05, 3.63) is 53.6 Å². The minimum atomic E-state index is -0.0921. The Morgan fingerprint density at radius 1 is 1.21 bits per heavy atom. The van der Waals surface area contributed by atoms with Crippen molar-refractivity contribution in [3.8, 4) is 5.88 Å². The lowest BCUT2D eigenvalue weighted by Gasteiger charge is -2.10. The van der Waals surface area contributed by atoms with Crippen LogP contribution in [0, 0.1) is 0 Å². The van der Waals surface area contributed by atoms with E-state index in [1.54, 1.807) is 16.7 Å². The van der Waals surface area contributed by atoms with Crippen molar-refractivity contribution in [1.29, 1.82) is 0 Å². The van der Waals surface area contributed by atoms with Crippen molar-refractivity contribution >= 4 is 51.2 Å². The average Bonchev–Trinajstić information content (AvgIpc) is 2.84. The zero-order valence-corrected chi connectivity index (χ0v) is 14.1. The van der Waals surface area contributed by atoms with Gasteiger partial charge in [-0.05, 0) is 42.5 Å². The maximum atomic E-state index is 10.5. The molecule has 0 aliphatic carbocycles. The largest absolute Gasteiger partial charge is 0.493 e. The number of hydrogen-bond donors (Lipinski definition) is 3. The van der Waals surface area contributed by atoms with Gasteiger partial charge in [-0.2, -0.15) is 0 Å². The highest BCUT2D eigenvalue weighted by Gasteiger charge is 2.16. The normalized spacial score (nSPS) is 11.2. The van der Waals surface area contributed by atoms with Gasteiger partial charge >= 0.3 is 0 Å². The van der Waals surface area contributed by atoms with Crippen molar-refractivity contribution < 1.29 is 5.11 Å². The molecule has 8 heteroatoms. The van der Waals surface area contributed by atoms with Crippen molar-refractivity contribution in [2.45, 2.75) is 6.67 Å². The molecule has 0 atom stereocenters. The minimum absolute atomic E-state index is 0.0161. The Labute approximate surface area is 148 Å². The summed E-state index contributed by atoms with van der Waals surface area (Å²) in [7, 11) is 0. The first-order valence-electron chi connectivity index (χ1n) is 7.07. The van der Waals surface area contributed by atoms with Crippen LogP contribution >= 0.6 is 23.8 Å². The fraction of sp³-hybridized carbons (Fsp3) is 0.0625. The summed E-state index contributed by atoms with van der Waals surface area (Å²) >= 11 is 10.6. The second-order valence-corrected chi connectivity index (χ2v) is 5.85. The molecular weight excluding hydrogens is 346 g/mol. The van der Waals surface area contributed by atoms with Gasteiger partial charge in [0.25, 0.3) is 0 Å². The van der Waals surface area contributed by atoms with E-state index in [2.05, 4.69) is 15.5 Å². The molecule has 1 heterocycles. The van der Waals surface area contributed by atoms with Crippen molar-refractivity contribution in [1.82, 2.24) is 4.57 Å². The molecule has 0 aliphatic heterocycles. The van der Waals surface area contributed by atoms with E-state index in [9.17, 15) is 5.11 Å². The highest BCUT2D eigenvalue weighted by Crippen LogP contribution is 2.38. The number of aromatic nitrogens is 1. The molecule has 3 aromatic rings. The lowest BCUT2D eigenvalue weighted by atomic mass is 10.2. The molecular formula is C16H14ClN5OS. The summed E-state index contributed by atoms with van der Waals surface area (Å²) in [4.78, 5) is 0. The van der Waals surface area contributed by atoms with Gasteiger partial charge in [0, 0.05) is 16.1 Å². The smallest absolute Gasteiger partial charge is 0.222 e. The van der Waals surface area contributed by atoms with Crippen LogP contribution in [-0.4, -0.2) is 14.8 Å². The second kappa shape index (κ2) is 6.86. The summed E-state index contributed by atoms with van der Waals surface area (Å²) in [6.07, 6.45) is 0. The van der Waals surface area contributed by atoms with E-state index < -0.39 is 0 Å². The molecule has 0 unspecified atom stereocenters. The van der Waals surface area contributed by atoms with Crippen LogP contribution < -0.4 is 11.1 Å². The number of nitrogens with zero attached hydrogens (tertiary/aromatic N) is 3. The maximum absolute atomic E-state index is 10.5. The van der Waals surface area contributed by atoms with Crippen LogP contribution in [0.3, 0.4) is 0 Å². The van der Waals surface area contributed by atoms with Gasteiger partial charge in [0.1, 0.15) is 0 Å². The van der Waals surface area contributed by atoms with E-state index in [0.29, 0.717) is 17.4 Å². The number of benzene rings is 2. The highest BCUT2D eigenvalue weighted by molar-refractivity contribution is 7.80. The van der Waals surface area contributed by atoms with E-state index in [0.717, 1.165) is 16.6 Å². The summed E-state index contributed by atoms with van der Waals surface area (Å²) in [6.45, 7) is 0.344. The quantitative estimate of drug-likeness (QED) is 0.476. The Morgan fingerprint density at radius 3 is 2.62 bits per heavy atom. The Balaban J connectivity index is 1.96. The Kier molecular flexibility index (Phi) is 4.64. The van der Waals surface area contributed by atoms with Gasteiger partial charge in [0.05, 0.1) is 12.2 Å². The molecule has 3 rings (SSSR count). The Hall–Kier alpha value is -2.64. The summed E-state index contributed by atoms with van der Waals surface area (Å²) in [6, 6.07) is 14.8. The minimum Gasteiger partial charge on any atom is -0.493 e. The Bertz CT molecular complexity index is 920. The number of anilines is 1. The molecule has 0 spiro atoms. The number of nitrogens with one attached hydrogen (secondary N) is 1. The number of hydrogen-bond acceptors (Lipinski definition) is 4. The molecule has 0 saturated heterocycles. The first kappa shape index (κ1) is 16.2. The number of thiocarbonyl (C=S) groups is 1.